The zero-order valence-corrected chi connectivity index (χ0v) is 14.4. The van der Waals surface area contributed by atoms with Gasteiger partial charge in [-0.15, -0.1) is 11.3 Å². The van der Waals surface area contributed by atoms with E-state index in [9.17, 15) is 8.42 Å². The first-order valence-electron chi connectivity index (χ1n) is 7.05. The summed E-state index contributed by atoms with van der Waals surface area (Å²) in [5, 5.41) is 3.24. The molecule has 0 aromatic carbocycles. The Morgan fingerprint density at radius 3 is 2.77 bits per heavy atom. The Morgan fingerprint density at radius 2 is 2.18 bits per heavy atom. The summed E-state index contributed by atoms with van der Waals surface area (Å²) < 4.78 is 29.5. The minimum Gasteiger partial charge on any atom is -0.337 e. The van der Waals surface area contributed by atoms with Gasteiger partial charge in [-0.2, -0.15) is 4.31 Å². The smallest absolute Gasteiger partial charge is 0.271 e. The predicted octanol–water partition coefficient (Wildman–Crippen LogP) is 0.829. The summed E-state index contributed by atoms with van der Waals surface area (Å²) in [6.45, 7) is 5.31. The normalized spacial score (nSPS) is 20.4. The second-order valence-electron chi connectivity index (χ2n) is 5.35. The van der Waals surface area contributed by atoms with Crippen molar-refractivity contribution >= 4 is 21.4 Å². The van der Waals surface area contributed by atoms with E-state index >= 15 is 0 Å². The Labute approximate surface area is 134 Å². The summed E-state index contributed by atoms with van der Waals surface area (Å²) in [6, 6.07) is -0.316. The Bertz CT molecular complexity index is 761. The zero-order chi connectivity index (χ0) is 15.9. The molecule has 3 heterocycles. The SMILES string of the molecule is Cc1nc(S(=O)(=O)N2CCNCC2c2nccn2C)sc1C. The van der Waals surface area contributed by atoms with Gasteiger partial charge < -0.3 is 9.88 Å². The number of rotatable bonds is 3. The molecule has 1 aliphatic heterocycles. The number of thiazole rings is 1. The molecule has 0 amide bonds. The van der Waals surface area contributed by atoms with Crippen LogP contribution in [0.2, 0.25) is 0 Å². The van der Waals surface area contributed by atoms with E-state index in [0.717, 1.165) is 16.4 Å². The van der Waals surface area contributed by atoms with Crippen molar-refractivity contribution in [2.24, 2.45) is 7.05 Å². The molecule has 0 radical (unpaired) electrons. The summed E-state index contributed by atoms with van der Waals surface area (Å²) in [6.07, 6.45) is 3.51. The van der Waals surface area contributed by atoms with Crippen LogP contribution in [0.15, 0.2) is 16.7 Å². The Hall–Kier alpha value is -1.29. The maximum atomic E-state index is 13.0. The Morgan fingerprint density at radius 1 is 1.41 bits per heavy atom. The van der Waals surface area contributed by atoms with E-state index in [4.69, 9.17) is 0 Å². The van der Waals surface area contributed by atoms with Crippen molar-refractivity contribution < 1.29 is 8.42 Å². The van der Waals surface area contributed by atoms with Crippen LogP contribution in [-0.2, 0) is 17.1 Å². The fourth-order valence-electron chi connectivity index (χ4n) is 2.55. The van der Waals surface area contributed by atoms with Gasteiger partial charge in [-0.3, -0.25) is 0 Å². The topological polar surface area (TPSA) is 80.1 Å². The molecule has 7 nitrogen and oxygen atoms in total. The van der Waals surface area contributed by atoms with Crippen molar-refractivity contribution in [3.05, 3.63) is 28.8 Å². The van der Waals surface area contributed by atoms with E-state index in [-0.39, 0.29) is 10.4 Å². The third kappa shape index (κ3) is 2.58. The van der Waals surface area contributed by atoms with E-state index in [2.05, 4.69) is 15.3 Å². The average molecular weight is 341 g/mol. The third-order valence-corrected chi connectivity index (χ3v) is 7.23. The molecule has 0 saturated carbocycles. The lowest BCUT2D eigenvalue weighted by atomic mass is 10.2. The molecule has 1 aliphatic rings. The molecular weight excluding hydrogens is 322 g/mol. The number of nitrogens with zero attached hydrogens (tertiary/aromatic N) is 4. The van der Waals surface area contributed by atoms with Crippen molar-refractivity contribution in [1.82, 2.24) is 24.2 Å². The molecule has 1 unspecified atom stereocenters. The van der Waals surface area contributed by atoms with Gasteiger partial charge in [0.15, 0.2) is 0 Å². The molecule has 120 valence electrons. The molecule has 1 saturated heterocycles. The van der Waals surface area contributed by atoms with Crippen molar-refractivity contribution in [2.45, 2.75) is 24.2 Å². The first-order valence-corrected chi connectivity index (χ1v) is 9.30. The van der Waals surface area contributed by atoms with Crippen molar-refractivity contribution in [2.75, 3.05) is 19.6 Å². The molecule has 0 spiro atoms. The lowest BCUT2D eigenvalue weighted by molar-refractivity contribution is 0.258. The van der Waals surface area contributed by atoms with Crippen LogP contribution in [0, 0.1) is 13.8 Å². The minimum atomic E-state index is -3.61. The summed E-state index contributed by atoms with van der Waals surface area (Å²) >= 11 is 1.23. The van der Waals surface area contributed by atoms with Crippen LogP contribution in [0.1, 0.15) is 22.4 Å². The fraction of sp³-hybridized carbons (Fsp3) is 0.538. The van der Waals surface area contributed by atoms with Crippen LogP contribution in [0.3, 0.4) is 0 Å². The molecule has 0 aliphatic carbocycles. The van der Waals surface area contributed by atoms with Crippen molar-refractivity contribution in [1.29, 1.82) is 0 Å². The predicted molar refractivity (Wildman–Crippen MR) is 84.3 cm³/mol. The first kappa shape index (κ1) is 15.6. The Kier molecular flexibility index (Phi) is 4.06. The molecule has 9 heteroatoms. The van der Waals surface area contributed by atoms with Crippen LogP contribution in [0.25, 0.3) is 0 Å². The first-order chi connectivity index (χ1) is 10.4. The highest BCUT2D eigenvalue weighted by Crippen LogP contribution is 2.30. The second kappa shape index (κ2) is 5.73. The fourth-order valence-corrected chi connectivity index (χ4v) is 5.56. The number of sulfonamides is 1. The van der Waals surface area contributed by atoms with Gasteiger partial charge in [0.25, 0.3) is 10.0 Å². The van der Waals surface area contributed by atoms with E-state index in [1.807, 2.05) is 31.7 Å². The molecule has 2 aromatic heterocycles. The van der Waals surface area contributed by atoms with Crippen molar-refractivity contribution in [3.8, 4) is 0 Å². The van der Waals surface area contributed by atoms with Crippen LogP contribution in [-0.4, -0.2) is 46.9 Å². The molecule has 2 aromatic rings. The van der Waals surface area contributed by atoms with Gasteiger partial charge >= 0.3 is 0 Å². The average Bonchev–Trinajstić information content (AvgIpc) is 3.06. The summed E-state index contributed by atoms with van der Waals surface area (Å²) in [5.74, 6) is 0.737. The lowest BCUT2D eigenvalue weighted by Gasteiger charge is -2.33. The number of aromatic nitrogens is 3. The number of hydrogen-bond acceptors (Lipinski definition) is 6. The number of nitrogens with one attached hydrogen (secondary N) is 1. The molecule has 1 atom stereocenters. The molecular formula is C13H19N5O2S2. The van der Waals surface area contributed by atoms with E-state index in [0.29, 0.717) is 19.6 Å². The quantitative estimate of drug-likeness (QED) is 0.894. The van der Waals surface area contributed by atoms with Crippen LogP contribution in [0.4, 0.5) is 0 Å². The van der Waals surface area contributed by atoms with Crippen LogP contribution >= 0.6 is 11.3 Å². The molecule has 3 rings (SSSR count). The zero-order valence-electron chi connectivity index (χ0n) is 12.8. The van der Waals surface area contributed by atoms with Gasteiger partial charge in [0.2, 0.25) is 4.34 Å². The molecule has 1 N–H and O–H groups in total. The molecule has 1 fully saturated rings. The third-order valence-electron chi connectivity index (χ3n) is 3.89. The summed E-state index contributed by atoms with van der Waals surface area (Å²) in [7, 11) is -1.73. The van der Waals surface area contributed by atoms with Crippen molar-refractivity contribution in [3.63, 3.8) is 0 Å². The number of aryl methyl sites for hydroxylation is 3. The lowest BCUT2D eigenvalue weighted by Crippen LogP contribution is -2.49. The van der Waals surface area contributed by atoms with E-state index < -0.39 is 10.0 Å². The van der Waals surface area contributed by atoms with E-state index in [1.54, 1.807) is 6.20 Å². The largest absolute Gasteiger partial charge is 0.337 e. The highest BCUT2D eigenvalue weighted by Gasteiger charge is 2.38. The van der Waals surface area contributed by atoms with Gasteiger partial charge in [0.05, 0.1) is 11.7 Å². The monoisotopic (exact) mass is 341 g/mol. The van der Waals surface area contributed by atoms with Crippen LogP contribution in [0.5, 0.6) is 0 Å². The van der Waals surface area contributed by atoms with Gasteiger partial charge in [-0.05, 0) is 13.8 Å². The number of imidazole rings is 1. The minimum absolute atomic E-state index is 0.170. The van der Waals surface area contributed by atoms with E-state index in [1.165, 1.54) is 15.6 Å². The standard InChI is InChI=1S/C13H19N5O2S2/c1-9-10(2)21-13(16-9)22(19,20)18-7-4-14-8-11(18)12-15-5-6-17(12)3/h5-6,11,14H,4,7-8H2,1-3H3. The van der Waals surface area contributed by atoms with Gasteiger partial charge in [0.1, 0.15) is 5.82 Å². The van der Waals surface area contributed by atoms with Gasteiger partial charge in [-0.25, -0.2) is 18.4 Å². The van der Waals surface area contributed by atoms with Gasteiger partial charge in [0, 0.05) is 44.0 Å². The molecule has 22 heavy (non-hydrogen) atoms. The maximum absolute atomic E-state index is 13.0. The maximum Gasteiger partial charge on any atom is 0.271 e. The van der Waals surface area contributed by atoms with Gasteiger partial charge in [-0.1, -0.05) is 0 Å². The van der Waals surface area contributed by atoms with Crippen LogP contribution < -0.4 is 5.32 Å². The second-order valence-corrected chi connectivity index (χ2v) is 8.62. The highest BCUT2D eigenvalue weighted by atomic mass is 32.2. The summed E-state index contributed by atoms with van der Waals surface area (Å²) in [4.78, 5) is 9.49. The Balaban J connectivity index is 2.01. The highest BCUT2D eigenvalue weighted by molar-refractivity contribution is 7.91. The number of piperazine rings is 1. The number of hydrogen-bond donors (Lipinski definition) is 1. The summed E-state index contributed by atoms with van der Waals surface area (Å²) in [5.41, 5.74) is 0.771. The molecule has 0 bridgehead atoms.